The Labute approximate surface area is 119 Å². The monoisotopic (exact) mass is 268 g/mol. The second-order valence-electron chi connectivity index (χ2n) is 5.97. The highest BCUT2D eigenvalue weighted by Gasteiger charge is 2.48. The van der Waals surface area contributed by atoms with E-state index in [2.05, 4.69) is 17.2 Å². The normalized spacial score (nSPS) is 26.4. The minimum absolute atomic E-state index is 0.151. The summed E-state index contributed by atoms with van der Waals surface area (Å²) in [6.07, 6.45) is 3.46. The van der Waals surface area contributed by atoms with Gasteiger partial charge in [0.2, 0.25) is 5.91 Å². The number of nitrogens with one attached hydrogen (secondary N) is 1. The van der Waals surface area contributed by atoms with Crippen molar-refractivity contribution in [2.75, 3.05) is 11.9 Å². The quantitative estimate of drug-likeness (QED) is 0.809. The maximum Gasteiger partial charge on any atom is 0.227 e. The van der Waals surface area contributed by atoms with Crippen LogP contribution < -0.4 is 11.1 Å². The van der Waals surface area contributed by atoms with Gasteiger partial charge in [0, 0.05) is 11.5 Å². The molecule has 1 amide bonds. The summed E-state index contributed by atoms with van der Waals surface area (Å²) in [6, 6.07) is 5.93. The number of carbonyl (C=O) groups excluding carboxylic acids is 1. The van der Waals surface area contributed by atoms with Crippen molar-refractivity contribution < 1.29 is 4.79 Å². The Hall–Kier alpha value is -1.79. The van der Waals surface area contributed by atoms with E-state index in [-0.39, 0.29) is 11.8 Å². The zero-order chi connectivity index (χ0) is 14.1. The third kappa shape index (κ3) is 2.71. The first kappa shape index (κ1) is 13.2. The van der Waals surface area contributed by atoms with Gasteiger partial charge in [0.25, 0.3) is 0 Å². The molecule has 2 atom stereocenters. The number of hydrogen-bond donors (Lipinski definition) is 2. The van der Waals surface area contributed by atoms with Crippen molar-refractivity contribution in [1.82, 2.24) is 0 Å². The van der Waals surface area contributed by atoms with Crippen molar-refractivity contribution in [3.63, 3.8) is 0 Å². The average molecular weight is 268 g/mol. The Morgan fingerprint density at radius 1 is 1.35 bits per heavy atom. The van der Waals surface area contributed by atoms with Gasteiger partial charge in [-0.15, -0.1) is 0 Å². The highest BCUT2D eigenvalue weighted by Crippen LogP contribution is 2.54. The smallest absolute Gasteiger partial charge is 0.227 e. The maximum atomic E-state index is 12.3. The number of nitrogens with two attached hydrogens (primary N) is 1. The Bertz CT molecular complexity index is 587. The predicted octanol–water partition coefficient (Wildman–Crippen LogP) is 2.29. The molecule has 0 saturated heterocycles. The number of rotatable bonds is 2. The van der Waals surface area contributed by atoms with E-state index >= 15 is 0 Å². The standard InChI is InChI=1S/C17H20N2O/c1-11-4-5-12(3-2-6-18)16(7-11)19-17(20)15-9-13-8-14(13)10-15/h4-5,7,13-15H,6,8-10,18H2,1H3,(H,19,20). The number of aryl methyl sites for hydroxylation is 1. The van der Waals surface area contributed by atoms with E-state index < -0.39 is 0 Å². The fraction of sp³-hybridized carbons (Fsp3) is 0.471. The average Bonchev–Trinajstić information content (AvgIpc) is 3.04. The highest BCUT2D eigenvalue weighted by atomic mass is 16.1. The molecular weight excluding hydrogens is 248 g/mol. The molecule has 3 nitrogen and oxygen atoms in total. The van der Waals surface area contributed by atoms with Crippen molar-refractivity contribution in [2.45, 2.75) is 26.2 Å². The molecular formula is C17H20N2O. The second kappa shape index (κ2) is 5.30. The molecule has 3 N–H and O–H groups in total. The molecule has 0 aliphatic heterocycles. The fourth-order valence-electron chi connectivity index (χ4n) is 3.18. The molecule has 20 heavy (non-hydrogen) atoms. The van der Waals surface area contributed by atoms with Gasteiger partial charge in [0.05, 0.1) is 12.2 Å². The number of hydrogen-bond acceptors (Lipinski definition) is 2. The van der Waals surface area contributed by atoms with Crippen molar-refractivity contribution in [3.05, 3.63) is 29.3 Å². The van der Waals surface area contributed by atoms with Gasteiger partial charge in [-0.2, -0.15) is 0 Å². The lowest BCUT2D eigenvalue weighted by Gasteiger charge is -2.14. The molecule has 2 aliphatic carbocycles. The molecule has 0 spiro atoms. The lowest BCUT2D eigenvalue weighted by Crippen LogP contribution is -2.22. The molecule has 0 aromatic heterocycles. The van der Waals surface area contributed by atoms with Gasteiger partial charge in [-0.3, -0.25) is 4.79 Å². The van der Waals surface area contributed by atoms with Crippen LogP contribution in [0.1, 0.15) is 30.4 Å². The molecule has 3 heteroatoms. The van der Waals surface area contributed by atoms with E-state index in [9.17, 15) is 4.79 Å². The van der Waals surface area contributed by atoms with Crippen LogP contribution in [0.25, 0.3) is 0 Å². The third-order valence-electron chi connectivity index (χ3n) is 4.37. The number of fused-ring (bicyclic) bond motifs is 1. The summed E-state index contributed by atoms with van der Waals surface area (Å²) >= 11 is 0. The van der Waals surface area contributed by atoms with Gasteiger partial charge in [-0.25, -0.2) is 0 Å². The molecule has 0 bridgehead atoms. The Morgan fingerprint density at radius 3 is 2.80 bits per heavy atom. The lowest BCUT2D eigenvalue weighted by molar-refractivity contribution is -0.120. The van der Waals surface area contributed by atoms with Crippen molar-refractivity contribution in [1.29, 1.82) is 0 Å². The zero-order valence-corrected chi connectivity index (χ0v) is 11.8. The van der Waals surface area contributed by atoms with Crippen LogP contribution in [0.15, 0.2) is 18.2 Å². The van der Waals surface area contributed by atoms with E-state index in [1.54, 1.807) is 0 Å². The van der Waals surface area contributed by atoms with Crippen molar-refractivity contribution in [2.24, 2.45) is 23.5 Å². The lowest BCUT2D eigenvalue weighted by atomic mass is 10.0. The van der Waals surface area contributed by atoms with Crippen LogP contribution in [0.5, 0.6) is 0 Å². The first-order valence-corrected chi connectivity index (χ1v) is 7.28. The molecule has 3 rings (SSSR count). The first-order valence-electron chi connectivity index (χ1n) is 7.28. The van der Waals surface area contributed by atoms with E-state index in [1.807, 2.05) is 25.1 Å². The van der Waals surface area contributed by atoms with Gasteiger partial charge in [0.1, 0.15) is 0 Å². The van der Waals surface area contributed by atoms with Crippen LogP contribution in [0, 0.1) is 36.5 Å². The fourth-order valence-corrected chi connectivity index (χ4v) is 3.18. The number of benzene rings is 1. The summed E-state index contributed by atoms with van der Waals surface area (Å²) < 4.78 is 0. The topological polar surface area (TPSA) is 55.1 Å². The number of amides is 1. The van der Waals surface area contributed by atoms with Crippen LogP contribution in [-0.4, -0.2) is 12.5 Å². The van der Waals surface area contributed by atoms with E-state index in [0.29, 0.717) is 6.54 Å². The summed E-state index contributed by atoms with van der Waals surface area (Å²) in [6.45, 7) is 2.34. The van der Waals surface area contributed by atoms with Gasteiger partial charge in [-0.05, 0) is 55.7 Å². The SMILES string of the molecule is Cc1ccc(C#CCN)c(NC(=O)C2CC3CC3C2)c1. The molecule has 2 fully saturated rings. The summed E-state index contributed by atoms with van der Waals surface area (Å²) in [7, 11) is 0. The molecule has 0 heterocycles. The molecule has 2 saturated carbocycles. The maximum absolute atomic E-state index is 12.3. The van der Waals surface area contributed by atoms with Gasteiger partial charge in [-0.1, -0.05) is 17.9 Å². The molecule has 1 aromatic rings. The van der Waals surface area contributed by atoms with Gasteiger partial charge in [0.15, 0.2) is 0 Å². The van der Waals surface area contributed by atoms with Crippen molar-refractivity contribution in [3.8, 4) is 11.8 Å². The third-order valence-corrected chi connectivity index (χ3v) is 4.37. The molecule has 2 unspecified atom stereocenters. The largest absolute Gasteiger partial charge is 0.325 e. The van der Waals surface area contributed by atoms with Gasteiger partial charge < -0.3 is 11.1 Å². The molecule has 1 aromatic carbocycles. The van der Waals surface area contributed by atoms with E-state index in [0.717, 1.165) is 41.5 Å². The molecule has 104 valence electrons. The summed E-state index contributed by atoms with van der Waals surface area (Å²) in [5, 5.41) is 3.06. The first-order chi connectivity index (χ1) is 9.67. The van der Waals surface area contributed by atoms with E-state index in [4.69, 9.17) is 5.73 Å². The van der Waals surface area contributed by atoms with Crippen LogP contribution in [0.3, 0.4) is 0 Å². The summed E-state index contributed by atoms with van der Waals surface area (Å²) in [5.74, 6) is 7.85. The van der Waals surface area contributed by atoms with E-state index in [1.165, 1.54) is 6.42 Å². The van der Waals surface area contributed by atoms with Crippen LogP contribution in [-0.2, 0) is 4.79 Å². The highest BCUT2D eigenvalue weighted by molar-refractivity contribution is 5.94. The van der Waals surface area contributed by atoms with Crippen LogP contribution >= 0.6 is 0 Å². The predicted molar refractivity (Wildman–Crippen MR) is 80.1 cm³/mol. The Balaban J connectivity index is 1.75. The number of anilines is 1. The molecule has 2 aliphatic rings. The number of carbonyl (C=O) groups is 1. The van der Waals surface area contributed by atoms with Gasteiger partial charge >= 0.3 is 0 Å². The Kier molecular flexibility index (Phi) is 3.50. The minimum Gasteiger partial charge on any atom is -0.325 e. The Morgan fingerprint density at radius 2 is 2.10 bits per heavy atom. The summed E-state index contributed by atoms with van der Waals surface area (Å²) in [5.41, 5.74) is 8.20. The minimum atomic E-state index is 0.151. The second-order valence-corrected chi connectivity index (χ2v) is 5.97. The summed E-state index contributed by atoms with van der Waals surface area (Å²) in [4.78, 5) is 12.3. The van der Waals surface area contributed by atoms with Crippen molar-refractivity contribution >= 4 is 11.6 Å². The zero-order valence-electron chi connectivity index (χ0n) is 11.8. The molecule has 0 radical (unpaired) electrons. The van der Waals surface area contributed by atoms with Crippen LogP contribution in [0.4, 0.5) is 5.69 Å². The van der Waals surface area contributed by atoms with Crippen LogP contribution in [0.2, 0.25) is 0 Å².